The maximum absolute atomic E-state index is 12.9. The summed E-state index contributed by atoms with van der Waals surface area (Å²) in [5.41, 5.74) is 1.35. The highest BCUT2D eigenvalue weighted by Crippen LogP contribution is 2.21. The molecule has 0 heterocycles. The standard InChI is InChI=1S/C18H12FNO3/c1-22-18(21)23-17(16-5-3-2-4-14(16)12-20)11-8-13-6-9-15(19)10-7-13/h2-7,9-10,17H,1H3. The van der Waals surface area contributed by atoms with Gasteiger partial charge >= 0.3 is 6.16 Å². The monoisotopic (exact) mass is 309 g/mol. The molecule has 2 aromatic rings. The first-order chi connectivity index (χ1) is 11.1. The van der Waals surface area contributed by atoms with Gasteiger partial charge in [-0.15, -0.1) is 0 Å². The normalized spacial score (nSPS) is 10.7. The molecule has 0 spiro atoms. The van der Waals surface area contributed by atoms with Crippen LogP contribution in [-0.2, 0) is 9.47 Å². The van der Waals surface area contributed by atoms with Gasteiger partial charge in [-0.1, -0.05) is 24.1 Å². The van der Waals surface area contributed by atoms with Gasteiger partial charge in [0.25, 0.3) is 0 Å². The highest BCUT2D eigenvalue weighted by atomic mass is 19.1. The third-order valence-corrected chi connectivity index (χ3v) is 2.94. The summed E-state index contributed by atoms with van der Waals surface area (Å²) in [4.78, 5) is 11.4. The molecule has 0 bridgehead atoms. The van der Waals surface area contributed by atoms with Gasteiger partial charge < -0.3 is 9.47 Å². The lowest BCUT2D eigenvalue weighted by Crippen LogP contribution is -2.11. The summed E-state index contributed by atoms with van der Waals surface area (Å²) in [6, 6.07) is 14.3. The lowest BCUT2D eigenvalue weighted by atomic mass is 10.0. The number of methoxy groups -OCH3 is 1. The van der Waals surface area contributed by atoms with Gasteiger partial charge in [-0.2, -0.15) is 5.26 Å². The van der Waals surface area contributed by atoms with Gasteiger partial charge in [-0.05, 0) is 36.3 Å². The second-order valence-corrected chi connectivity index (χ2v) is 4.43. The van der Waals surface area contributed by atoms with E-state index in [1.807, 2.05) is 6.07 Å². The lowest BCUT2D eigenvalue weighted by molar-refractivity contribution is 0.0549. The Labute approximate surface area is 133 Å². The molecule has 2 rings (SSSR count). The Hall–Kier alpha value is -3.31. The molecule has 0 aliphatic rings. The molecular weight excluding hydrogens is 297 g/mol. The van der Waals surface area contributed by atoms with E-state index in [1.54, 1.807) is 24.3 Å². The molecule has 0 radical (unpaired) electrons. The van der Waals surface area contributed by atoms with E-state index >= 15 is 0 Å². The highest BCUT2D eigenvalue weighted by molar-refractivity contribution is 5.61. The molecule has 0 fully saturated rings. The van der Waals surface area contributed by atoms with Gasteiger partial charge in [0.2, 0.25) is 0 Å². The molecular formula is C18H12FNO3. The van der Waals surface area contributed by atoms with Crippen LogP contribution < -0.4 is 0 Å². The first-order valence-electron chi connectivity index (χ1n) is 6.64. The number of carbonyl (C=O) groups excluding carboxylic acids is 1. The number of carbonyl (C=O) groups is 1. The minimum absolute atomic E-state index is 0.342. The van der Waals surface area contributed by atoms with Gasteiger partial charge in [-0.25, -0.2) is 9.18 Å². The van der Waals surface area contributed by atoms with Gasteiger partial charge in [0.1, 0.15) is 5.82 Å². The topological polar surface area (TPSA) is 59.3 Å². The van der Waals surface area contributed by atoms with Crippen LogP contribution in [-0.4, -0.2) is 13.3 Å². The van der Waals surface area contributed by atoms with Gasteiger partial charge in [0, 0.05) is 11.1 Å². The maximum atomic E-state index is 12.9. The Balaban J connectivity index is 2.37. The van der Waals surface area contributed by atoms with E-state index in [-0.39, 0.29) is 5.82 Å². The van der Waals surface area contributed by atoms with Crippen molar-refractivity contribution in [3.8, 4) is 17.9 Å². The summed E-state index contributed by atoms with van der Waals surface area (Å²) in [5.74, 6) is 5.19. The number of rotatable bonds is 2. The Bertz CT molecular complexity index is 797. The molecule has 0 aliphatic heterocycles. The van der Waals surface area contributed by atoms with Gasteiger partial charge in [0.05, 0.1) is 18.7 Å². The van der Waals surface area contributed by atoms with Crippen molar-refractivity contribution >= 4 is 6.16 Å². The zero-order chi connectivity index (χ0) is 16.7. The number of nitrogens with zero attached hydrogens (tertiary/aromatic N) is 1. The first kappa shape index (κ1) is 16.1. The summed E-state index contributed by atoms with van der Waals surface area (Å²) >= 11 is 0. The number of ether oxygens (including phenoxy) is 2. The third kappa shape index (κ3) is 4.33. The number of nitriles is 1. The average Bonchev–Trinajstić information content (AvgIpc) is 2.59. The summed E-state index contributed by atoms with van der Waals surface area (Å²) in [6.07, 6.45) is -1.88. The second kappa shape index (κ2) is 7.63. The van der Waals surface area contributed by atoms with Gasteiger partial charge in [0.15, 0.2) is 6.10 Å². The van der Waals surface area contributed by atoms with E-state index < -0.39 is 12.3 Å². The zero-order valence-electron chi connectivity index (χ0n) is 12.2. The Morgan fingerprint density at radius 1 is 1.17 bits per heavy atom. The van der Waals surface area contributed by atoms with Crippen LogP contribution in [0, 0.1) is 29.0 Å². The molecule has 114 valence electrons. The quantitative estimate of drug-likeness (QED) is 0.628. The van der Waals surface area contributed by atoms with Crippen molar-refractivity contribution in [3.63, 3.8) is 0 Å². The minimum Gasteiger partial charge on any atom is -0.438 e. The van der Waals surface area contributed by atoms with E-state index in [9.17, 15) is 9.18 Å². The van der Waals surface area contributed by atoms with Crippen LogP contribution >= 0.6 is 0 Å². The van der Waals surface area contributed by atoms with Crippen molar-refractivity contribution in [2.24, 2.45) is 0 Å². The van der Waals surface area contributed by atoms with Crippen LogP contribution in [0.15, 0.2) is 48.5 Å². The van der Waals surface area contributed by atoms with E-state index in [4.69, 9.17) is 10.00 Å². The minimum atomic E-state index is -0.969. The molecule has 2 aromatic carbocycles. The van der Waals surface area contributed by atoms with Crippen LogP contribution in [0.2, 0.25) is 0 Å². The number of hydrogen-bond acceptors (Lipinski definition) is 4. The van der Waals surface area contributed by atoms with Gasteiger partial charge in [-0.3, -0.25) is 0 Å². The Kier molecular flexibility index (Phi) is 5.33. The third-order valence-electron chi connectivity index (χ3n) is 2.94. The van der Waals surface area contributed by atoms with Crippen molar-refractivity contribution < 1.29 is 18.7 Å². The zero-order valence-corrected chi connectivity index (χ0v) is 12.2. The van der Waals surface area contributed by atoms with E-state index in [0.717, 1.165) is 0 Å². The lowest BCUT2D eigenvalue weighted by Gasteiger charge is -2.12. The number of halogens is 1. The molecule has 0 amide bonds. The summed E-state index contributed by atoms with van der Waals surface area (Å²) in [5, 5.41) is 9.16. The predicted molar refractivity (Wildman–Crippen MR) is 80.7 cm³/mol. The van der Waals surface area contributed by atoms with Crippen LogP contribution in [0.5, 0.6) is 0 Å². The fourth-order valence-electron chi connectivity index (χ4n) is 1.82. The van der Waals surface area contributed by atoms with Crippen LogP contribution in [0.4, 0.5) is 9.18 Å². The van der Waals surface area contributed by atoms with E-state index in [2.05, 4.69) is 16.6 Å². The maximum Gasteiger partial charge on any atom is 0.509 e. The van der Waals surface area contributed by atoms with Crippen LogP contribution in [0.3, 0.4) is 0 Å². The number of hydrogen-bond donors (Lipinski definition) is 0. The Morgan fingerprint density at radius 3 is 2.52 bits per heavy atom. The SMILES string of the molecule is COC(=O)OC(C#Cc1ccc(F)cc1)c1ccccc1C#N. The van der Waals surface area contributed by atoms with E-state index in [1.165, 1.54) is 31.4 Å². The van der Waals surface area contributed by atoms with E-state index in [0.29, 0.717) is 16.7 Å². The fourth-order valence-corrected chi connectivity index (χ4v) is 1.82. The van der Waals surface area contributed by atoms with Crippen molar-refractivity contribution in [1.29, 1.82) is 5.26 Å². The van der Waals surface area contributed by atoms with Crippen molar-refractivity contribution in [1.82, 2.24) is 0 Å². The summed E-state index contributed by atoms with van der Waals surface area (Å²) in [7, 11) is 1.18. The fraction of sp³-hybridized carbons (Fsp3) is 0.111. The average molecular weight is 309 g/mol. The second-order valence-electron chi connectivity index (χ2n) is 4.43. The molecule has 5 heteroatoms. The van der Waals surface area contributed by atoms with Crippen molar-refractivity contribution in [2.45, 2.75) is 6.10 Å². The summed E-state index contributed by atoms with van der Waals surface area (Å²) < 4.78 is 22.5. The smallest absolute Gasteiger partial charge is 0.438 e. The van der Waals surface area contributed by atoms with Crippen molar-refractivity contribution in [2.75, 3.05) is 7.11 Å². The molecule has 0 aliphatic carbocycles. The molecule has 0 N–H and O–H groups in total. The highest BCUT2D eigenvalue weighted by Gasteiger charge is 2.18. The molecule has 1 unspecified atom stereocenters. The predicted octanol–water partition coefficient (Wildman–Crippen LogP) is 3.57. The molecule has 23 heavy (non-hydrogen) atoms. The molecule has 1 atom stereocenters. The first-order valence-corrected chi connectivity index (χ1v) is 6.64. The number of benzene rings is 2. The molecule has 0 aromatic heterocycles. The summed E-state index contributed by atoms with van der Waals surface area (Å²) in [6.45, 7) is 0. The molecule has 4 nitrogen and oxygen atoms in total. The molecule has 0 saturated carbocycles. The van der Waals surface area contributed by atoms with Crippen LogP contribution in [0.25, 0.3) is 0 Å². The Morgan fingerprint density at radius 2 is 1.87 bits per heavy atom. The molecule has 0 saturated heterocycles. The van der Waals surface area contributed by atoms with Crippen LogP contribution in [0.1, 0.15) is 22.8 Å². The largest absolute Gasteiger partial charge is 0.509 e. The van der Waals surface area contributed by atoms with Crippen molar-refractivity contribution in [3.05, 3.63) is 71.0 Å².